The molecule has 4 N–H and O–H groups in total. The number of hydrogen-bond acceptors (Lipinski definition) is 6. The maximum Gasteiger partial charge on any atom is 0.227 e. The van der Waals surface area contributed by atoms with Crippen LogP contribution in [0.5, 0.6) is 0 Å². The highest BCUT2D eigenvalue weighted by Crippen LogP contribution is 2.23. The molecule has 1 aromatic carbocycles. The Morgan fingerprint density at radius 3 is 2.68 bits per heavy atom. The van der Waals surface area contributed by atoms with Crippen molar-refractivity contribution in [3.8, 4) is 0 Å². The summed E-state index contributed by atoms with van der Waals surface area (Å²) < 4.78 is 0. The number of hydrogen-bond donors (Lipinski definition) is 4. The molecule has 7 heteroatoms. The molecule has 1 aliphatic heterocycles. The third-order valence-electron chi connectivity index (χ3n) is 4.70. The number of aryl methyl sites for hydroxylation is 3. The minimum Gasteiger partial charge on any atom is -0.396 e. The van der Waals surface area contributed by atoms with Crippen LogP contribution in [0.4, 0.5) is 5.95 Å². The Labute approximate surface area is 147 Å². The van der Waals surface area contributed by atoms with Gasteiger partial charge in [-0.25, -0.2) is 9.97 Å². The van der Waals surface area contributed by atoms with E-state index in [1.807, 2.05) is 20.8 Å². The van der Waals surface area contributed by atoms with Crippen LogP contribution in [0.2, 0.25) is 0 Å². The summed E-state index contributed by atoms with van der Waals surface area (Å²) in [5.41, 5.74) is 4.09. The third kappa shape index (κ3) is 3.57. The summed E-state index contributed by atoms with van der Waals surface area (Å²) >= 11 is 0. The lowest BCUT2D eigenvalue weighted by molar-refractivity contribution is -0.129. The number of aliphatic hydroxyl groups is 1. The minimum absolute atomic E-state index is 0.00608. The molecule has 1 saturated heterocycles. The first kappa shape index (κ1) is 17.6. The SMILES string of the molecule is Cc1cc(C)c2nc(NC3NC(=O)C(CCO)C(C)N3)nc(C)c2c1. The molecule has 134 valence electrons. The Hall–Kier alpha value is -2.25. The van der Waals surface area contributed by atoms with Gasteiger partial charge in [0, 0.05) is 18.0 Å². The Bertz CT molecular complexity index is 808. The van der Waals surface area contributed by atoms with E-state index in [-0.39, 0.29) is 24.5 Å². The summed E-state index contributed by atoms with van der Waals surface area (Å²) in [6, 6.07) is 4.13. The fraction of sp³-hybridized carbons (Fsp3) is 0.500. The highest BCUT2D eigenvalue weighted by Gasteiger charge is 2.33. The molecule has 0 spiro atoms. The number of nitrogens with zero attached hydrogens (tertiary/aromatic N) is 2. The fourth-order valence-electron chi connectivity index (χ4n) is 3.42. The number of benzene rings is 1. The van der Waals surface area contributed by atoms with Crippen molar-refractivity contribution < 1.29 is 9.90 Å². The lowest BCUT2D eigenvalue weighted by atomic mass is 9.95. The molecule has 1 aliphatic rings. The molecule has 2 aromatic rings. The largest absolute Gasteiger partial charge is 0.396 e. The number of anilines is 1. The zero-order valence-electron chi connectivity index (χ0n) is 15.1. The number of nitrogens with one attached hydrogen (secondary N) is 3. The Morgan fingerprint density at radius 1 is 1.24 bits per heavy atom. The Kier molecular flexibility index (Phi) is 4.87. The summed E-state index contributed by atoms with van der Waals surface area (Å²) in [5, 5.41) is 19.4. The molecule has 25 heavy (non-hydrogen) atoms. The molecule has 0 saturated carbocycles. The molecular formula is C18H25N5O2. The quantitative estimate of drug-likeness (QED) is 0.669. The number of carbonyl (C=O) groups excluding carboxylic acids is 1. The monoisotopic (exact) mass is 343 g/mol. The van der Waals surface area contributed by atoms with E-state index in [9.17, 15) is 4.79 Å². The number of amides is 1. The number of carbonyl (C=O) groups is 1. The van der Waals surface area contributed by atoms with Crippen molar-refractivity contribution in [1.29, 1.82) is 0 Å². The lowest BCUT2D eigenvalue weighted by Crippen LogP contribution is -2.63. The summed E-state index contributed by atoms with van der Waals surface area (Å²) in [6.45, 7) is 7.99. The third-order valence-corrected chi connectivity index (χ3v) is 4.70. The van der Waals surface area contributed by atoms with Gasteiger partial charge in [0.2, 0.25) is 11.9 Å². The number of rotatable bonds is 4. The van der Waals surface area contributed by atoms with Crippen LogP contribution in [0, 0.1) is 26.7 Å². The van der Waals surface area contributed by atoms with Gasteiger partial charge in [0.1, 0.15) is 0 Å². The number of aliphatic hydroxyl groups excluding tert-OH is 1. The molecule has 2 heterocycles. The maximum absolute atomic E-state index is 12.2. The second-order valence-corrected chi connectivity index (χ2v) is 6.77. The first-order valence-corrected chi connectivity index (χ1v) is 8.58. The van der Waals surface area contributed by atoms with E-state index in [2.05, 4.69) is 45.0 Å². The van der Waals surface area contributed by atoms with Crippen LogP contribution in [0.15, 0.2) is 12.1 Å². The molecule has 0 aliphatic carbocycles. The van der Waals surface area contributed by atoms with Gasteiger partial charge < -0.3 is 15.7 Å². The highest BCUT2D eigenvalue weighted by molar-refractivity contribution is 5.85. The van der Waals surface area contributed by atoms with Gasteiger partial charge in [-0.1, -0.05) is 11.6 Å². The Balaban J connectivity index is 1.83. The molecule has 1 aromatic heterocycles. The van der Waals surface area contributed by atoms with Gasteiger partial charge >= 0.3 is 0 Å². The summed E-state index contributed by atoms with van der Waals surface area (Å²) in [7, 11) is 0. The lowest BCUT2D eigenvalue weighted by Gasteiger charge is -2.35. The smallest absolute Gasteiger partial charge is 0.227 e. The van der Waals surface area contributed by atoms with Crippen LogP contribution in [-0.4, -0.2) is 39.9 Å². The average Bonchev–Trinajstić information content (AvgIpc) is 2.52. The van der Waals surface area contributed by atoms with E-state index in [0.29, 0.717) is 12.4 Å². The van der Waals surface area contributed by atoms with Crippen molar-refractivity contribution in [2.24, 2.45) is 5.92 Å². The molecule has 3 unspecified atom stereocenters. The van der Waals surface area contributed by atoms with E-state index in [4.69, 9.17) is 5.11 Å². The van der Waals surface area contributed by atoms with Gasteiger partial charge in [0.25, 0.3) is 0 Å². The van der Waals surface area contributed by atoms with E-state index in [1.165, 1.54) is 5.56 Å². The van der Waals surface area contributed by atoms with Gasteiger partial charge in [0.15, 0.2) is 6.29 Å². The van der Waals surface area contributed by atoms with E-state index in [1.54, 1.807) is 0 Å². The first-order valence-electron chi connectivity index (χ1n) is 8.58. The van der Waals surface area contributed by atoms with Crippen LogP contribution >= 0.6 is 0 Å². The van der Waals surface area contributed by atoms with Crippen LogP contribution in [0.1, 0.15) is 30.2 Å². The van der Waals surface area contributed by atoms with Crippen molar-refractivity contribution in [3.05, 3.63) is 29.0 Å². The second-order valence-electron chi connectivity index (χ2n) is 6.77. The minimum atomic E-state index is -0.444. The van der Waals surface area contributed by atoms with Crippen LogP contribution in [0.25, 0.3) is 10.9 Å². The Morgan fingerprint density at radius 2 is 2.00 bits per heavy atom. The van der Waals surface area contributed by atoms with Gasteiger partial charge in [-0.2, -0.15) is 0 Å². The average molecular weight is 343 g/mol. The van der Waals surface area contributed by atoms with Crippen LogP contribution in [-0.2, 0) is 4.79 Å². The van der Waals surface area contributed by atoms with E-state index in [0.717, 1.165) is 22.2 Å². The molecule has 0 bridgehead atoms. The molecule has 1 amide bonds. The van der Waals surface area contributed by atoms with Gasteiger partial charge in [-0.15, -0.1) is 0 Å². The predicted octanol–water partition coefficient (Wildman–Crippen LogP) is 1.36. The molecule has 0 radical (unpaired) electrons. The van der Waals surface area contributed by atoms with Crippen molar-refractivity contribution >= 4 is 22.8 Å². The normalized spacial score (nSPS) is 23.6. The van der Waals surface area contributed by atoms with Gasteiger partial charge in [-0.05, 0) is 45.7 Å². The maximum atomic E-state index is 12.2. The van der Waals surface area contributed by atoms with E-state index >= 15 is 0 Å². The van der Waals surface area contributed by atoms with Gasteiger partial charge in [0.05, 0.1) is 17.1 Å². The topological polar surface area (TPSA) is 99.2 Å². The van der Waals surface area contributed by atoms with Crippen molar-refractivity contribution in [1.82, 2.24) is 20.6 Å². The first-order chi connectivity index (χ1) is 11.9. The summed E-state index contributed by atoms with van der Waals surface area (Å²) in [6.07, 6.45) is -0.00308. The predicted molar refractivity (Wildman–Crippen MR) is 97.1 cm³/mol. The van der Waals surface area contributed by atoms with Crippen molar-refractivity contribution in [2.45, 2.75) is 46.4 Å². The number of fused-ring (bicyclic) bond motifs is 1. The molecular weight excluding hydrogens is 318 g/mol. The highest BCUT2D eigenvalue weighted by atomic mass is 16.3. The fourth-order valence-corrected chi connectivity index (χ4v) is 3.42. The molecule has 3 rings (SSSR count). The zero-order valence-corrected chi connectivity index (χ0v) is 15.1. The summed E-state index contributed by atoms with van der Waals surface area (Å²) in [5.74, 6) is 0.150. The van der Waals surface area contributed by atoms with Gasteiger partial charge in [-0.3, -0.25) is 10.1 Å². The molecule has 1 fully saturated rings. The van der Waals surface area contributed by atoms with Crippen molar-refractivity contribution in [2.75, 3.05) is 11.9 Å². The zero-order chi connectivity index (χ0) is 18.1. The molecule has 7 nitrogen and oxygen atoms in total. The standard InChI is InChI=1S/C18H25N5O2/c1-9-7-10(2)15-14(8-9)12(4)20-17(21-15)23-18-19-11(3)13(5-6-24)16(25)22-18/h7-8,11,13,18-19,24H,5-6H2,1-4H3,(H,22,25)(H,20,21,23). The van der Waals surface area contributed by atoms with Crippen LogP contribution in [0.3, 0.4) is 0 Å². The summed E-state index contributed by atoms with van der Waals surface area (Å²) in [4.78, 5) is 21.4. The van der Waals surface area contributed by atoms with Crippen LogP contribution < -0.4 is 16.0 Å². The number of aromatic nitrogens is 2. The van der Waals surface area contributed by atoms with Crippen molar-refractivity contribution in [3.63, 3.8) is 0 Å². The van der Waals surface area contributed by atoms with E-state index < -0.39 is 6.29 Å². The molecule has 3 atom stereocenters. The second kappa shape index (κ2) is 6.93.